The molecule has 35 heavy (non-hydrogen) atoms. The van der Waals surface area contributed by atoms with Crippen LogP contribution in [0.15, 0.2) is 35.7 Å². The highest BCUT2D eigenvalue weighted by atomic mass is 32.1. The Labute approximate surface area is 217 Å². The number of anilines is 1. The molecule has 2 aromatic rings. The van der Waals surface area contributed by atoms with Crippen LogP contribution in [0.5, 0.6) is 11.6 Å². The minimum absolute atomic E-state index is 0.0667. The summed E-state index contributed by atoms with van der Waals surface area (Å²) in [6, 6.07) is 4.31. The molecule has 1 aliphatic heterocycles. The van der Waals surface area contributed by atoms with Crippen LogP contribution in [0.2, 0.25) is 0 Å². The summed E-state index contributed by atoms with van der Waals surface area (Å²) in [5.41, 5.74) is 4.58. The smallest absolute Gasteiger partial charge is 0.323 e. The van der Waals surface area contributed by atoms with E-state index >= 15 is 0 Å². The number of hydrogen-bond acceptors (Lipinski definition) is 6. The van der Waals surface area contributed by atoms with E-state index in [2.05, 4.69) is 37.8 Å². The molecule has 2 N–H and O–H groups in total. The third-order valence-electron chi connectivity index (χ3n) is 6.26. The van der Waals surface area contributed by atoms with Gasteiger partial charge in [-0.1, -0.05) is 50.7 Å². The van der Waals surface area contributed by atoms with Crippen LogP contribution in [0.3, 0.4) is 0 Å². The Morgan fingerprint density at radius 1 is 1.14 bits per heavy atom. The topological polar surface area (TPSA) is 74.9 Å². The number of benzene rings is 1. The van der Waals surface area contributed by atoms with Crippen molar-refractivity contribution < 1.29 is 19.7 Å². The van der Waals surface area contributed by atoms with Gasteiger partial charge in [0.25, 0.3) is 0 Å². The van der Waals surface area contributed by atoms with E-state index in [1.807, 2.05) is 19.1 Å². The Kier molecular flexibility index (Phi) is 9.57. The van der Waals surface area contributed by atoms with Crippen LogP contribution in [-0.4, -0.2) is 27.3 Å². The van der Waals surface area contributed by atoms with Crippen molar-refractivity contribution in [2.75, 3.05) is 11.4 Å². The minimum atomic E-state index is -1.04. The summed E-state index contributed by atoms with van der Waals surface area (Å²) in [5.74, 6) is 0.588. The Hall–Kier alpha value is -2.58. The van der Waals surface area contributed by atoms with Gasteiger partial charge >= 0.3 is 5.97 Å². The first-order chi connectivity index (χ1) is 16.7. The number of carbonyl (C=O) groups is 1. The molecule has 0 fully saturated rings. The van der Waals surface area contributed by atoms with Crippen LogP contribution in [-0.2, 0) is 17.8 Å². The number of thiazole rings is 1. The molecule has 1 aliphatic rings. The number of aromatic hydroxyl groups is 1. The molecule has 0 unspecified atom stereocenters. The first-order valence-corrected chi connectivity index (χ1v) is 13.5. The molecule has 190 valence electrons. The van der Waals surface area contributed by atoms with Gasteiger partial charge in [0.1, 0.15) is 6.54 Å². The molecule has 0 aliphatic carbocycles. The van der Waals surface area contributed by atoms with Crippen molar-refractivity contribution in [3.05, 3.63) is 55.7 Å². The van der Waals surface area contributed by atoms with Gasteiger partial charge in [-0.2, -0.15) is 0 Å². The fourth-order valence-corrected chi connectivity index (χ4v) is 5.54. The highest BCUT2D eigenvalue weighted by molar-refractivity contribution is 7.73. The van der Waals surface area contributed by atoms with E-state index in [9.17, 15) is 9.90 Å². The molecule has 0 amide bonds. The molecule has 0 spiro atoms. The van der Waals surface area contributed by atoms with Crippen molar-refractivity contribution in [3.8, 4) is 11.6 Å². The molecule has 2 heterocycles. The summed E-state index contributed by atoms with van der Waals surface area (Å²) in [6.07, 6.45) is 11.9. The van der Waals surface area contributed by atoms with E-state index in [1.54, 1.807) is 0 Å². The van der Waals surface area contributed by atoms with Crippen LogP contribution in [0.1, 0.15) is 68.4 Å². The molecule has 8 heteroatoms. The van der Waals surface area contributed by atoms with Gasteiger partial charge in [0.2, 0.25) is 11.8 Å². The van der Waals surface area contributed by atoms with Gasteiger partial charge in [-0.25, -0.2) is 0 Å². The molecule has 1 aromatic carbocycles. The average molecular weight is 517 g/mol. The lowest BCUT2D eigenvalue weighted by molar-refractivity contribution is -0.137. The van der Waals surface area contributed by atoms with Crippen LogP contribution < -0.4 is 9.64 Å². The average Bonchev–Trinajstić information content (AvgIpc) is 3.26. The monoisotopic (exact) mass is 516 g/mol. The van der Waals surface area contributed by atoms with E-state index < -0.39 is 5.97 Å². The van der Waals surface area contributed by atoms with Crippen molar-refractivity contribution >= 4 is 35.2 Å². The number of aromatic nitrogens is 1. The van der Waals surface area contributed by atoms with Crippen LogP contribution in [0, 0.1) is 17.8 Å². The summed E-state index contributed by atoms with van der Waals surface area (Å²) in [4.78, 5) is 14.0. The van der Waals surface area contributed by atoms with Crippen LogP contribution in [0.4, 0.5) is 5.69 Å². The number of ether oxygens (including phenoxy) is 1. The number of hydrogen-bond donors (Lipinski definition) is 2. The zero-order valence-corrected chi connectivity index (χ0v) is 22.7. The third-order valence-corrected chi connectivity index (χ3v) is 7.70. The second-order valence-corrected chi connectivity index (χ2v) is 10.9. The van der Waals surface area contributed by atoms with Gasteiger partial charge < -0.3 is 19.8 Å². The maximum Gasteiger partial charge on any atom is 0.323 e. The standard InChI is InChI=1S/C27H36N2O4S2/c1-5-6-7-8-9-10-13-28-21-15-19(3)20(4)16-22(21)33-24(28)12-11-18(2)14-23-26(32)29(17-25(30)31)27(34)35-23/h11-12,15-16,32H,5-10,13-14,17H2,1-4H3,(H,30,31). The second kappa shape index (κ2) is 12.4. The van der Waals surface area contributed by atoms with Gasteiger partial charge in [0.15, 0.2) is 9.70 Å². The number of rotatable bonds is 12. The minimum Gasteiger partial charge on any atom is -0.494 e. The second-order valence-electron chi connectivity index (χ2n) is 9.21. The van der Waals surface area contributed by atoms with Crippen LogP contribution in [0.25, 0.3) is 0 Å². The number of fused-ring (bicyclic) bond motifs is 1. The highest BCUT2D eigenvalue weighted by Crippen LogP contribution is 2.41. The lowest BCUT2D eigenvalue weighted by atomic mass is 10.1. The number of unbranched alkanes of at least 4 members (excludes halogenated alkanes) is 5. The summed E-state index contributed by atoms with van der Waals surface area (Å²) in [7, 11) is 0. The molecular weight excluding hydrogens is 480 g/mol. The first kappa shape index (κ1) is 27.0. The maximum absolute atomic E-state index is 11.0. The lowest BCUT2D eigenvalue weighted by Gasteiger charge is -2.18. The molecule has 0 bridgehead atoms. The van der Waals surface area contributed by atoms with Gasteiger partial charge in [0.05, 0.1) is 10.6 Å². The zero-order chi connectivity index (χ0) is 25.5. The van der Waals surface area contributed by atoms with Crippen LogP contribution >= 0.6 is 23.6 Å². The first-order valence-electron chi connectivity index (χ1n) is 12.3. The number of allylic oxidation sites excluding steroid dienone is 3. The van der Waals surface area contributed by atoms with Crippen molar-refractivity contribution in [1.29, 1.82) is 0 Å². The maximum atomic E-state index is 11.0. The van der Waals surface area contributed by atoms with Crippen molar-refractivity contribution in [2.24, 2.45) is 0 Å². The largest absolute Gasteiger partial charge is 0.494 e. The van der Waals surface area contributed by atoms with Crippen molar-refractivity contribution in [3.63, 3.8) is 0 Å². The van der Waals surface area contributed by atoms with E-state index in [0.717, 1.165) is 35.9 Å². The Morgan fingerprint density at radius 3 is 2.54 bits per heavy atom. The number of nitrogens with zero attached hydrogens (tertiary/aromatic N) is 2. The summed E-state index contributed by atoms with van der Waals surface area (Å²) < 4.78 is 7.87. The molecule has 0 saturated carbocycles. The molecule has 0 radical (unpaired) electrons. The lowest BCUT2D eigenvalue weighted by Crippen LogP contribution is -2.21. The number of carboxylic acid groups (broad SMARTS) is 1. The van der Waals surface area contributed by atoms with E-state index in [1.165, 1.54) is 59.1 Å². The van der Waals surface area contributed by atoms with E-state index in [-0.39, 0.29) is 12.4 Å². The summed E-state index contributed by atoms with van der Waals surface area (Å²) in [5, 5.41) is 19.5. The van der Waals surface area contributed by atoms with Crippen molar-refractivity contribution in [1.82, 2.24) is 4.57 Å². The van der Waals surface area contributed by atoms with E-state index in [0.29, 0.717) is 15.3 Å². The van der Waals surface area contributed by atoms with Gasteiger partial charge in [-0.3, -0.25) is 9.36 Å². The summed E-state index contributed by atoms with van der Waals surface area (Å²) >= 11 is 6.48. The Balaban J connectivity index is 1.76. The molecule has 0 atom stereocenters. The fourth-order valence-electron chi connectivity index (χ4n) is 4.12. The van der Waals surface area contributed by atoms with E-state index in [4.69, 9.17) is 22.1 Å². The predicted octanol–water partition coefficient (Wildman–Crippen LogP) is 7.28. The number of aliphatic carboxylic acids is 1. The van der Waals surface area contributed by atoms with Gasteiger partial charge in [0, 0.05) is 13.0 Å². The Morgan fingerprint density at radius 2 is 1.83 bits per heavy atom. The quantitative estimate of drug-likeness (QED) is 0.228. The normalized spacial score (nSPS) is 14.5. The molecule has 1 aromatic heterocycles. The highest BCUT2D eigenvalue weighted by Gasteiger charge is 2.26. The molecular formula is C27H36N2O4S2. The molecule has 6 nitrogen and oxygen atoms in total. The summed E-state index contributed by atoms with van der Waals surface area (Å²) in [6.45, 7) is 9.00. The Bertz CT molecular complexity index is 1180. The molecule has 0 saturated heterocycles. The number of aryl methyl sites for hydroxylation is 2. The SMILES string of the molecule is CCCCCCCCN1C(=CC=C(C)Cc2sc(=S)n(CC(=O)O)c2O)Oc2cc(C)c(C)cc21. The fraction of sp³-hybridized carbons (Fsp3) is 0.481. The third kappa shape index (κ3) is 6.98. The van der Waals surface area contributed by atoms with Crippen molar-refractivity contribution in [2.45, 2.75) is 79.2 Å². The predicted molar refractivity (Wildman–Crippen MR) is 145 cm³/mol. The zero-order valence-electron chi connectivity index (χ0n) is 21.1. The van der Waals surface area contributed by atoms with Gasteiger partial charge in [-0.15, -0.1) is 11.3 Å². The van der Waals surface area contributed by atoms with Gasteiger partial charge in [-0.05, 0) is 68.7 Å². The number of carboxylic acids is 1. The molecule has 3 rings (SSSR count).